The number of hydrogen-bond acceptors (Lipinski definition) is 5. The van der Waals surface area contributed by atoms with Crippen LogP contribution in [0.3, 0.4) is 0 Å². The number of halogens is 2. The molecule has 0 aliphatic rings. The number of ether oxygens (including phenoxy) is 1. The fraction of sp³-hybridized carbons (Fsp3) is 0.273. The van der Waals surface area contributed by atoms with Gasteiger partial charge in [-0.2, -0.15) is 0 Å². The van der Waals surface area contributed by atoms with Crippen LogP contribution in [0.1, 0.15) is 12.5 Å². The van der Waals surface area contributed by atoms with E-state index in [0.29, 0.717) is 34.1 Å². The van der Waals surface area contributed by atoms with Crippen LogP contribution in [0.4, 0.5) is 0 Å². The summed E-state index contributed by atoms with van der Waals surface area (Å²) in [6, 6.07) is 1.62. The van der Waals surface area contributed by atoms with Gasteiger partial charge >= 0.3 is 0 Å². The van der Waals surface area contributed by atoms with Gasteiger partial charge < -0.3 is 4.74 Å². The van der Waals surface area contributed by atoms with Crippen LogP contribution in [-0.2, 0) is 6.42 Å². The van der Waals surface area contributed by atoms with Gasteiger partial charge in [0.25, 0.3) is 0 Å². The van der Waals surface area contributed by atoms with Crippen molar-refractivity contribution >= 4 is 23.2 Å². The summed E-state index contributed by atoms with van der Waals surface area (Å²) >= 11 is 12.1. The van der Waals surface area contributed by atoms with E-state index >= 15 is 0 Å². The maximum atomic E-state index is 6.05. The van der Waals surface area contributed by atoms with Gasteiger partial charge in [0.1, 0.15) is 22.3 Å². The minimum Gasteiger partial charge on any atom is -0.481 e. The molecule has 2 rings (SSSR count). The molecule has 0 saturated heterocycles. The number of hydrogen-bond donors (Lipinski definition) is 0. The molecule has 0 aromatic carbocycles. The SMILES string of the molecule is CCc1c(Cl)nc(-c2cc(OC)ncn2)nc1Cl. The molecule has 2 aromatic heterocycles. The van der Waals surface area contributed by atoms with Gasteiger partial charge in [0.05, 0.1) is 7.11 Å². The molecule has 0 bridgehead atoms. The van der Waals surface area contributed by atoms with Gasteiger partial charge in [0, 0.05) is 11.6 Å². The lowest BCUT2D eigenvalue weighted by molar-refractivity contribution is 0.397. The zero-order chi connectivity index (χ0) is 13.1. The van der Waals surface area contributed by atoms with Crippen LogP contribution in [0.25, 0.3) is 11.5 Å². The molecule has 0 aliphatic heterocycles. The predicted molar refractivity (Wildman–Crippen MR) is 69.0 cm³/mol. The van der Waals surface area contributed by atoms with Crippen molar-refractivity contribution in [2.45, 2.75) is 13.3 Å². The van der Waals surface area contributed by atoms with E-state index in [1.165, 1.54) is 13.4 Å². The summed E-state index contributed by atoms with van der Waals surface area (Å²) < 4.78 is 5.01. The number of nitrogens with zero attached hydrogens (tertiary/aromatic N) is 4. The lowest BCUT2D eigenvalue weighted by atomic mass is 10.2. The molecule has 2 heterocycles. The Labute approximate surface area is 114 Å². The molecule has 0 aliphatic carbocycles. The molecule has 0 fully saturated rings. The third kappa shape index (κ3) is 2.52. The minimum atomic E-state index is 0.338. The maximum Gasteiger partial charge on any atom is 0.216 e. The minimum absolute atomic E-state index is 0.338. The zero-order valence-electron chi connectivity index (χ0n) is 9.81. The summed E-state index contributed by atoms with van der Waals surface area (Å²) in [5.41, 5.74) is 1.23. The highest BCUT2D eigenvalue weighted by Crippen LogP contribution is 2.25. The van der Waals surface area contributed by atoms with E-state index in [1.54, 1.807) is 6.07 Å². The third-order valence-corrected chi connectivity index (χ3v) is 2.97. The van der Waals surface area contributed by atoms with Crippen molar-refractivity contribution in [2.24, 2.45) is 0 Å². The van der Waals surface area contributed by atoms with Crippen LogP contribution in [0, 0.1) is 0 Å². The van der Waals surface area contributed by atoms with Gasteiger partial charge in [-0.3, -0.25) is 0 Å². The Morgan fingerprint density at radius 2 is 1.83 bits per heavy atom. The Morgan fingerprint density at radius 1 is 1.17 bits per heavy atom. The Hall–Kier alpha value is -1.46. The molecule has 0 N–H and O–H groups in total. The molecular formula is C11H10Cl2N4O. The molecule has 7 heteroatoms. The van der Waals surface area contributed by atoms with Crippen molar-refractivity contribution in [3.63, 3.8) is 0 Å². The van der Waals surface area contributed by atoms with Crippen molar-refractivity contribution in [3.8, 4) is 17.4 Å². The summed E-state index contributed by atoms with van der Waals surface area (Å²) in [7, 11) is 1.52. The second kappa shape index (κ2) is 5.46. The van der Waals surface area contributed by atoms with E-state index in [-0.39, 0.29) is 0 Å². The number of rotatable bonds is 3. The van der Waals surface area contributed by atoms with Gasteiger partial charge in [0.15, 0.2) is 5.82 Å². The molecular weight excluding hydrogens is 275 g/mol. The summed E-state index contributed by atoms with van der Waals surface area (Å²) in [5, 5.41) is 0.676. The standard InChI is InChI=1S/C11H10Cl2N4O/c1-3-6-9(12)16-11(17-10(6)13)7-4-8(18-2)15-5-14-7/h4-5H,3H2,1-2H3. The van der Waals surface area contributed by atoms with Gasteiger partial charge in [-0.1, -0.05) is 30.1 Å². The average molecular weight is 285 g/mol. The summed E-state index contributed by atoms with van der Waals surface area (Å²) in [4.78, 5) is 16.3. The Balaban J connectivity index is 2.51. The highest BCUT2D eigenvalue weighted by atomic mass is 35.5. The van der Waals surface area contributed by atoms with Crippen LogP contribution >= 0.6 is 23.2 Å². The van der Waals surface area contributed by atoms with E-state index < -0.39 is 0 Å². The third-order valence-electron chi connectivity index (χ3n) is 2.34. The van der Waals surface area contributed by atoms with E-state index in [4.69, 9.17) is 27.9 Å². The van der Waals surface area contributed by atoms with Gasteiger partial charge in [-0.25, -0.2) is 19.9 Å². The smallest absolute Gasteiger partial charge is 0.216 e. The normalized spacial score (nSPS) is 10.4. The second-order valence-electron chi connectivity index (χ2n) is 3.41. The second-order valence-corrected chi connectivity index (χ2v) is 4.12. The molecule has 94 valence electrons. The van der Waals surface area contributed by atoms with Crippen molar-refractivity contribution in [3.05, 3.63) is 28.3 Å². The summed E-state index contributed by atoms with van der Waals surface area (Å²) in [6.07, 6.45) is 2.04. The highest BCUT2D eigenvalue weighted by Gasteiger charge is 2.12. The van der Waals surface area contributed by atoms with Crippen LogP contribution in [0.15, 0.2) is 12.4 Å². The quantitative estimate of drug-likeness (QED) is 0.811. The fourth-order valence-corrected chi connectivity index (χ4v) is 2.07. The van der Waals surface area contributed by atoms with Gasteiger partial charge in [-0.05, 0) is 6.42 Å². The molecule has 0 spiro atoms. The van der Waals surface area contributed by atoms with Crippen LogP contribution in [0.2, 0.25) is 10.3 Å². The largest absolute Gasteiger partial charge is 0.481 e. The lowest BCUT2D eigenvalue weighted by Gasteiger charge is -2.06. The average Bonchev–Trinajstić information content (AvgIpc) is 2.38. The molecule has 18 heavy (non-hydrogen) atoms. The topological polar surface area (TPSA) is 60.8 Å². The first-order valence-corrected chi connectivity index (χ1v) is 5.99. The van der Waals surface area contributed by atoms with Gasteiger partial charge in [-0.15, -0.1) is 0 Å². The number of aromatic nitrogens is 4. The van der Waals surface area contributed by atoms with Crippen LogP contribution in [-0.4, -0.2) is 27.0 Å². The monoisotopic (exact) mass is 284 g/mol. The van der Waals surface area contributed by atoms with E-state index in [1.807, 2.05) is 6.92 Å². The molecule has 0 unspecified atom stereocenters. The Bertz CT molecular complexity index is 554. The van der Waals surface area contributed by atoms with Crippen molar-refractivity contribution < 1.29 is 4.74 Å². The number of methoxy groups -OCH3 is 1. The summed E-state index contributed by atoms with van der Waals surface area (Å²) in [6.45, 7) is 1.93. The predicted octanol–water partition coefficient (Wildman–Crippen LogP) is 2.81. The van der Waals surface area contributed by atoms with Crippen molar-refractivity contribution in [2.75, 3.05) is 7.11 Å². The maximum absolute atomic E-state index is 6.05. The first-order chi connectivity index (χ1) is 8.65. The molecule has 0 saturated carbocycles. The first-order valence-electron chi connectivity index (χ1n) is 5.24. The molecule has 2 aromatic rings. The lowest BCUT2D eigenvalue weighted by Crippen LogP contribution is -1.99. The van der Waals surface area contributed by atoms with Crippen LogP contribution < -0.4 is 4.74 Å². The Morgan fingerprint density at radius 3 is 2.39 bits per heavy atom. The van der Waals surface area contributed by atoms with Crippen molar-refractivity contribution in [1.29, 1.82) is 0 Å². The zero-order valence-corrected chi connectivity index (χ0v) is 11.3. The van der Waals surface area contributed by atoms with Crippen LogP contribution in [0.5, 0.6) is 5.88 Å². The summed E-state index contributed by atoms with van der Waals surface area (Å²) in [5.74, 6) is 0.776. The molecule has 0 radical (unpaired) electrons. The van der Waals surface area contributed by atoms with Gasteiger partial charge in [0.2, 0.25) is 5.88 Å². The molecule has 0 atom stereocenters. The molecule has 0 amide bonds. The highest BCUT2D eigenvalue weighted by molar-refractivity contribution is 6.34. The van der Waals surface area contributed by atoms with E-state index in [9.17, 15) is 0 Å². The van der Waals surface area contributed by atoms with E-state index in [2.05, 4.69) is 19.9 Å². The van der Waals surface area contributed by atoms with E-state index in [0.717, 1.165) is 5.56 Å². The van der Waals surface area contributed by atoms with Crippen molar-refractivity contribution in [1.82, 2.24) is 19.9 Å². The fourth-order valence-electron chi connectivity index (χ4n) is 1.41. The molecule has 5 nitrogen and oxygen atoms in total. The first kappa shape index (κ1) is 13.0. The Kier molecular flexibility index (Phi) is 3.93.